The van der Waals surface area contributed by atoms with Gasteiger partial charge in [-0.25, -0.2) is 23.2 Å². The number of ether oxygens (including phenoxy) is 1. The molecule has 4 atom stereocenters. The van der Waals surface area contributed by atoms with E-state index in [1.54, 1.807) is 16.8 Å². The van der Waals surface area contributed by atoms with Gasteiger partial charge in [-0.3, -0.25) is 0 Å². The van der Waals surface area contributed by atoms with E-state index < -0.39 is 54.5 Å². The zero-order valence-electron chi connectivity index (χ0n) is 28.4. The minimum Gasteiger partial charge on any atom is -0.465 e. The highest BCUT2D eigenvalue weighted by atomic mass is 35.5. The number of rotatable bonds is 13. The van der Waals surface area contributed by atoms with Crippen molar-refractivity contribution in [1.82, 2.24) is 20.4 Å². The topological polar surface area (TPSA) is 131 Å². The molecule has 1 aromatic rings. The number of hydrogen-bond acceptors (Lipinski definition) is 5. The standard InChI is InChI=1S/C33H53ClF2N4O6Si/c1-22(29(23-11-7-6-8-12-23)39(2)32(44)46-19-20-47(3,4)5)38-30(41)40-18-9-13-24(21-40)33(45,16-10-17-37-31(42)43)25-14-15-26(35)27(34)28(25)36/h14-15,22-24,29,37,45H,6-13,16-21H2,1-5H3,(H,38,41)(H,42,43)/t22?,24-,29+,33+/m1/s1. The number of urea groups is 1. The summed E-state index contributed by atoms with van der Waals surface area (Å²) < 4.78 is 35.1. The molecule has 47 heavy (non-hydrogen) atoms. The maximum Gasteiger partial charge on any atom is 0.409 e. The van der Waals surface area contributed by atoms with Gasteiger partial charge in [-0.05, 0) is 63.5 Å². The minimum absolute atomic E-state index is 0.0132. The highest BCUT2D eigenvalue weighted by Gasteiger charge is 2.44. The minimum atomic E-state index is -1.85. The molecule has 1 aromatic carbocycles. The number of likely N-dealkylation sites (tertiary alicyclic amines) is 1. The van der Waals surface area contributed by atoms with Crippen molar-refractivity contribution in [2.45, 2.75) is 108 Å². The normalized spacial score (nSPS) is 20.1. The molecule has 0 bridgehead atoms. The van der Waals surface area contributed by atoms with Gasteiger partial charge >= 0.3 is 18.2 Å². The maximum absolute atomic E-state index is 15.3. The molecular weight excluding hydrogens is 650 g/mol. The molecule has 1 saturated carbocycles. The third-order valence-electron chi connectivity index (χ3n) is 9.71. The van der Waals surface area contributed by atoms with Crippen LogP contribution < -0.4 is 10.6 Å². The van der Waals surface area contributed by atoms with Crippen molar-refractivity contribution in [2.24, 2.45) is 11.8 Å². The smallest absolute Gasteiger partial charge is 0.409 e. The summed E-state index contributed by atoms with van der Waals surface area (Å²) in [6, 6.07) is 1.96. The van der Waals surface area contributed by atoms with E-state index in [1.165, 1.54) is 0 Å². The largest absolute Gasteiger partial charge is 0.465 e. The highest BCUT2D eigenvalue weighted by molar-refractivity contribution is 6.76. The molecule has 3 rings (SSSR count). The fourth-order valence-corrected chi connectivity index (χ4v) is 7.98. The molecule has 0 radical (unpaired) electrons. The zero-order valence-corrected chi connectivity index (χ0v) is 30.2. The molecule has 2 fully saturated rings. The number of aliphatic hydroxyl groups is 1. The van der Waals surface area contributed by atoms with Gasteiger partial charge in [0.2, 0.25) is 0 Å². The number of nitrogens with zero attached hydrogens (tertiary/aromatic N) is 2. The van der Waals surface area contributed by atoms with Gasteiger partial charge < -0.3 is 35.4 Å². The first-order chi connectivity index (χ1) is 22.0. The lowest BCUT2D eigenvalue weighted by atomic mass is 9.74. The van der Waals surface area contributed by atoms with Crippen LogP contribution >= 0.6 is 11.6 Å². The lowest BCUT2D eigenvalue weighted by molar-refractivity contribution is -0.0578. The molecule has 1 heterocycles. The van der Waals surface area contributed by atoms with Crippen LogP contribution in [0.3, 0.4) is 0 Å². The first kappa shape index (κ1) is 38.8. The van der Waals surface area contributed by atoms with Crippen LogP contribution in [0.4, 0.5) is 23.2 Å². The van der Waals surface area contributed by atoms with Gasteiger partial charge in [0.15, 0.2) is 5.82 Å². The van der Waals surface area contributed by atoms with Crippen molar-refractivity contribution in [1.29, 1.82) is 0 Å². The molecule has 1 saturated heterocycles. The molecule has 1 aliphatic carbocycles. The van der Waals surface area contributed by atoms with E-state index in [2.05, 4.69) is 30.3 Å². The quantitative estimate of drug-likeness (QED) is 0.0993. The fourth-order valence-electron chi connectivity index (χ4n) is 7.10. The van der Waals surface area contributed by atoms with E-state index in [-0.39, 0.29) is 49.5 Å². The van der Waals surface area contributed by atoms with Crippen LogP contribution in [-0.2, 0) is 10.3 Å². The van der Waals surface area contributed by atoms with Crippen LogP contribution in [-0.4, -0.2) is 91.7 Å². The first-order valence-corrected chi connectivity index (χ1v) is 20.9. The van der Waals surface area contributed by atoms with Gasteiger partial charge in [0.25, 0.3) is 0 Å². The number of carbonyl (C=O) groups excluding carboxylic acids is 2. The Morgan fingerprint density at radius 2 is 1.83 bits per heavy atom. The van der Waals surface area contributed by atoms with Crippen LogP contribution in [0.5, 0.6) is 0 Å². The third-order valence-corrected chi connectivity index (χ3v) is 11.8. The Bertz CT molecular complexity index is 1230. The number of piperidine rings is 1. The van der Waals surface area contributed by atoms with Crippen LogP contribution in [0.1, 0.15) is 70.3 Å². The summed E-state index contributed by atoms with van der Waals surface area (Å²) in [6.07, 6.45) is 4.60. The van der Waals surface area contributed by atoms with Crippen LogP contribution in [0.15, 0.2) is 12.1 Å². The molecule has 14 heteroatoms. The van der Waals surface area contributed by atoms with Crippen LogP contribution in [0.25, 0.3) is 0 Å². The summed E-state index contributed by atoms with van der Waals surface area (Å²) in [4.78, 5) is 41.1. The predicted octanol–water partition coefficient (Wildman–Crippen LogP) is 7.02. The average Bonchev–Trinajstić information content (AvgIpc) is 3.01. The van der Waals surface area contributed by atoms with Crippen molar-refractivity contribution in [3.63, 3.8) is 0 Å². The van der Waals surface area contributed by atoms with Crippen molar-refractivity contribution < 1.29 is 38.1 Å². The second-order valence-electron chi connectivity index (χ2n) is 14.4. The summed E-state index contributed by atoms with van der Waals surface area (Å²) in [6.45, 7) is 9.43. The van der Waals surface area contributed by atoms with Crippen molar-refractivity contribution in [3.8, 4) is 0 Å². The van der Waals surface area contributed by atoms with E-state index in [1.807, 2.05) is 6.92 Å². The first-order valence-electron chi connectivity index (χ1n) is 16.8. The molecule has 1 unspecified atom stereocenters. The molecule has 0 spiro atoms. The Morgan fingerprint density at radius 3 is 2.47 bits per heavy atom. The number of nitrogens with one attached hydrogen (secondary N) is 2. The number of hydrogen-bond donors (Lipinski definition) is 4. The number of carboxylic acid groups (broad SMARTS) is 1. The van der Waals surface area contributed by atoms with Gasteiger partial charge in [-0.2, -0.15) is 0 Å². The lowest BCUT2D eigenvalue weighted by Crippen LogP contribution is -2.58. The summed E-state index contributed by atoms with van der Waals surface area (Å²) in [5.41, 5.74) is -2.04. The number of carbonyl (C=O) groups is 3. The van der Waals surface area contributed by atoms with Crippen LogP contribution in [0.2, 0.25) is 30.7 Å². The van der Waals surface area contributed by atoms with Gasteiger partial charge in [0.05, 0.1) is 18.2 Å². The Hall–Kier alpha value is -2.64. The van der Waals surface area contributed by atoms with Crippen molar-refractivity contribution in [3.05, 3.63) is 34.4 Å². The summed E-state index contributed by atoms with van der Waals surface area (Å²) >= 11 is 5.90. The van der Waals surface area contributed by atoms with E-state index in [4.69, 9.17) is 21.4 Å². The summed E-state index contributed by atoms with van der Waals surface area (Å²) in [5, 5.41) is 25.6. The number of benzene rings is 1. The Morgan fingerprint density at radius 1 is 1.15 bits per heavy atom. The molecule has 2 aliphatic rings. The number of likely N-dealkylation sites (N-methyl/N-ethyl adjacent to an activating group) is 1. The molecular formula is C33H53ClF2N4O6Si. The second kappa shape index (κ2) is 17.1. The fraction of sp³-hybridized carbons (Fsp3) is 0.727. The Balaban J connectivity index is 1.78. The van der Waals surface area contributed by atoms with Crippen molar-refractivity contribution in [2.75, 3.05) is 33.3 Å². The van der Waals surface area contributed by atoms with Gasteiger partial charge in [-0.15, -0.1) is 0 Å². The second-order valence-corrected chi connectivity index (χ2v) is 20.4. The molecule has 0 aromatic heterocycles. The van der Waals surface area contributed by atoms with E-state index in [9.17, 15) is 23.9 Å². The molecule has 10 nitrogen and oxygen atoms in total. The molecule has 1 aliphatic heterocycles. The Labute approximate surface area is 283 Å². The number of halogens is 3. The monoisotopic (exact) mass is 702 g/mol. The SMILES string of the molecule is CC(NC(=O)N1CCC[C@@H]([C@@](O)(CCCNC(=O)O)c2ccc(F)c(Cl)c2F)C1)[C@@H](C1CCCCC1)N(C)C(=O)OCC[Si](C)(C)C. The Kier molecular flexibility index (Phi) is 14.2. The zero-order chi connectivity index (χ0) is 34.9. The van der Waals surface area contributed by atoms with Gasteiger partial charge in [0.1, 0.15) is 10.8 Å². The molecule has 4 amide bonds. The average molecular weight is 703 g/mol. The maximum atomic E-state index is 15.3. The summed E-state index contributed by atoms with van der Waals surface area (Å²) in [7, 11) is 0.342. The van der Waals surface area contributed by atoms with E-state index in [0.29, 0.717) is 26.0 Å². The predicted molar refractivity (Wildman–Crippen MR) is 180 cm³/mol. The van der Waals surface area contributed by atoms with Gasteiger partial charge in [-0.1, -0.05) is 56.6 Å². The molecule has 266 valence electrons. The van der Waals surface area contributed by atoms with Crippen LogP contribution in [0, 0.1) is 23.5 Å². The lowest BCUT2D eigenvalue weighted by Gasteiger charge is -2.44. The van der Waals surface area contributed by atoms with E-state index in [0.717, 1.165) is 50.3 Å². The number of amides is 4. The third kappa shape index (κ3) is 10.7. The van der Waals surface area contributed by atoms with E-state index >= 15 is 4.39 Å². The van der Waals surface area contributed by atoms with Crippen molar-refractivity contribution >= 4 is 37.9 Å². The van der Waals surface area contributed by atoms with Gasteiger partial charge in [0, 0.05) is 52.3 Å². The highest BCUT2D eigenvalue weighted by Crippen LogP contribution is 2.42. The summed E-state index contributed by atoms with van der Waals surface area (Å²) in [5.74, 6) is -2.49. The molecule has 4 N–H and O–H groups in total.